The molecule has 0 N–H and O–H groups in total. The Hall–Kier alpha value is -0.544. The molecule has 3 heteroatoms. The highest BCUT2D eigenvalue weighted by Crippen LogP contribution is 2.14. The van der Waals surface area contributed by atoms with Crippen molar-refractivity contribution in [3.05, 3.63) is 30.3 Å². The van der Waals surface area contributed by atoms with E-state index >= 15 is 0 Å². The van der Waals surface area contributed by atoms with Crippen LogP contribution in [0.25, 0.3) is 0 Å². The fraction of sp³-hybridized carbons (Fsp3) is 0.708. The monoisotopic (exact) mass is 386 g/mol. The molecule has 0 unspecified atom stereocenters. The van der Waals surface area contributed by atoms with E-state index in [4.69, 9.17) is 4.74 Å². The van der Waals surface area contributed by atoms with Crippen LogP contribution in [0.1, 0.15) is 110 Å². The number of esters is 1. The van der Waals surface area contributed by atoms with E-state index in [9.17, 15) is 4.79 Å². The Morgan fingerprint density at radius 3 is 1.52 bits per heavy atom. The summed E-state index contributed by atoms with van der Waals surface area (Å²) in [5.41, 5.74) is 0. The number of hydrogen-bond donors (Lipinski definition) is 0. The highest BCUT2D eigenvalue weighted by atomic mass is 24.3. The van der Waals surface area contributed by atoms with Crippen LogP contribution in [-0.2, 0) is 4.79 Å². The predicted octanol–water partition coefficient (Wildman–Crippen LogP) is 6.94. The lowest BCUT2D eigenvalue weighted by Gasteiger charge is -2.04. The molecule has 152 valence electrons. The zero-order chi connectivity index (χ0) is 18.7. The molecule has 0 amide bonds. The molecular formula is C24H42MgO2. The maximum atomic E-state index is 11.7. The third kappa shape index (κ3) is 17.3. The van der Waals surface area contributed by atoms with Crippen molar-refractivity contribution in [3.8, 4) is 5.75 Å². The van der Waals surface area contributed by atoms with Crippen molar-refractivity contribution in [2.75, 3.05) is 0 Å². The van der Waals surface area contributed by atoms with Gasteiger partial charge in [-0.05, 0) is 18.6 Å². The number of carbonyl (C=O) groups is 1. The van der Waals surface area contributed by atoms with Gasteiger partial charge in [-0.1, -0.05) is 115 Å². The second-order valence-electron chi connectivity index (χ2n) is 7.49. The van der Waals surface area contributed by atoms with Gasteiger partial charge in [0.25, 0.3) is 0 Å². The molecule has 0 heterocycles. The first-order valence-corrected chi connectivity index (χ1v) is 11.1. The quantitative estimate of drug-likeness (QED) is 0.125. The molecule has 0 saturated heterocycles. The molecule has 1 aromatic carbocycles. The summed E-state index contributed by atoms with van der Waals surface area (Å²) in [5, 5.41) is 0. The summed E-state index contributed by atoms with van der Waals surface area (Å²) in [5.74, 6) is 0.546. The van der Waals surface area contributed by atoms with Gasteiger partial charge in [-0.3, -0.25) is 4.79 Å². The standard InChI is InChI=1S/C24H40O2.Mg.2H/c1-2-3-4-5-6-7-8-9-10-11-12-13-14-15-19-22-24(25)26-23-20-17-16-18-21-23;;;/h16-18,20-21H,2-15,19,22H2,1H3;;;. The van der Waals surface area contributed by atoms with E-state index in [1.165, 1.54) is 83.5 Å². The highest BCUT2D eigenvalue weighted by molar-refractivity contribution is 5.75. The molecule has 0 fully saturated rings. The van der Waals surface area contributed by atoms with Gasteiger partial charge in [-0.2, -0.15) is 0 Å². The summed E-state index contributed by atoms with van der Waals surface area (Å²) in [6.45, 7) is 2.28. The number of benzene rings is 1. The Bertz CT molecular complexity index is 433. The maximum Gasteiger partial charge on any atom is 0.316 e. The lowest BCUT2D eigenvalue weighted by atomic mass is 10.0. The van der Waals surface area contributed by atoms with Crippen LogP contribution in [0.5, 0.6) is 5.75 Å². The molecular weight excluding hydrogens is 345 g/mol. The van der Waals surface area contributed by atoms with Crippen molar-refractivity contribution in [1.29, 1.82) is 0 Å². The van der Waals surface area contributed by atoms with Gasteiger partial charge in [-0.25, -0.2) is 0 Å². The van der Waals surface area contributed by atoms with Crippen molar-refractivity contribution < 1.29 is 9.53 Å². The van der Waals surface area contributed by atoms with Gasteiger partial charge in [-0.15, -0.1) is 0 Å². The number of rotatable bonds is 17. The number of unbranched alkanes of at least 4 members (excludes halogenated alkanes) is 14. The summed E-state index contributed by atoms with van der Waals surface area (Å²) in [6, 6.07) is 9.34. The third-order valence-corrected chi connectivity index (χ3v) is 4.96. The fourth-order valence-corrected chi connectivity index (χ4v) is 3.31. The van der Waals surface area contributed by atoms with Crippen LogP contribution in [-0.4, -0.2) is 29.0 Å². The molecule has 0 aliphatic rings. The van der Waals surface area contributed by atoms with Crippen molar-refractivity contribution in [1.82, 2.24) is 0 Å². The summed E-state index contributed by atoms with van der Waals surface area (Å²) < 4.78 is 5.29. The lowest BCUT2D eigenvalue weighted by Crippen LogP contribution is -2.07. The van der Waals surface area contributed by atoms with E-state index in [1.54, 1.807) is 0 Å². The smallest absolute Gasteiger partial charge is 0.316 e. The number of ether oxygens (including phenoxy) is 1. The minimum atomic E-state index is -0.106. The maximum absolute atomic E-state index is 11.7. The number of hydrogen-bond acceptors (Lipinski definition) is 2. The molecule has 0 atom stereocenters. The molecule has 1 aromatic rings. The Morgan fingerprint density at radius 2 is 1.07 bits per heavy atom. The van der Waals surface area contributed by atoms with Gasteiger partial charge in [0.05, 0.1) is 0 Å². The second kappa shape index (κ2) is 20.2. The zero-order valence-corrected chi connectivity index (χ0v) is 17.0. The molecule has 1 rings (SSSR count). The normalized spacial score (nSPS) is 10.4. The minimum Gasteiger partial charge on any atom is -0.427 e. The topological polar surface area (TPSA) is 26.3 Å². The molecule has 0 aromatic heterocycles. The second-order valence-corrected chi connectivity index (χ2v) is 7.49. The van der Waals surface area contributed by atoms with E-state index in [0.717, 1.165) is 12.8 Å². The third-order valence-electron chi connectivity index (χ3n) is 4.96. The average Bonchev–Trinajstić information content (AvgIpc) is 2.65. The minimum absolute atomic E-state index is 0. The van der Waals surface area contributed by atoms with E-state index in [2.05, 4.69) is 6.92 Å². The summed E-state index contributed by atoms with van der Waals surface area (Å²) in [4.78, 5) is 11.7. The number of carbonyl (C=O) groups excluding carboxylic acids is 1. The van der Waals surface area contributed by atoms with Crippen LogP contribution < -0.4 is 4.74 Å². The molecule has 0 spiro atoms. The van der Waals surface area contributed by atoms with Gasteiger partial charge >= 0.3 is 29.0 Å². The van der Waals surface area contributed by atoms with Crippen LogP contribution in [0.15, 0.2) is 30.3 Å². The van der Waals surface area contributed by atoms with Crippen LogP contribution in [0.3, 0.4) is 0 Å². The van der Waals surface area contributed by atoms with Crippen LogP contribution >= 0.6 is 0 Å². The first-order valence-electron chi connectivity index (χ1n) is 11.1. The lowest BCUT2D eigenvalue weighted by molar-refractivity contribution is -0.134. The van der Waals surface area contributed by atoms with Gasteiger partial charge in [0.2, 0.25) is 0 Å². The van der Waals surface area contributed by atoms with E-state index in [-0.39, 0.29) is 29.0 Å². The van der Waals surface area contributed by atoms with Crippen LogP contribution in [0.4, 0.5) is 0 Å². The molecule has 0 aliphatic carbocycles. The zero-order valence-electron chi connectivity index (χ0n) is 17.0. The Balaban J connectivity index is 0.00000676. The average molecular weight is 387 g/mol. The first kappa shape index (κ1) is 26.5. The van der Waals surface area contributed by atoms with Gasteiger partial charge in [0, 0.05) is 6.42 Å². The predicted molar refractivity (Wildman–Crippen MR) is 120 cm³/mol. The van der Waals surface area contributed by atoms with Crippen molar-refractivity contribution >= 4 is 29.0 Å². The highest BCUT2D eigenvalue weighted by Gasteiger charge is 2.03. The van der Waals surface area contributed by atoms with Crippen molar-refractivity contribution in [2.45, 2.75) is 110 Å². The van der Waals surface area contributed by atoms with Gasteiger partial charge in [0.15, 0.2) is 0 Å². The number of para-hydroxylation sites is 1. The Labute approximate surface area is 184 Å². The Kier molecular flexibility index (Phi) is 19.8. The summed E-state index contributed by atoms with van der Waals surface area (Å²) in [6.07, 6.45) is 20.7. The van der Waals surface area contributed by atoms with E-state index in [1.807, 2.05) is 30.3 Å². The molecule has 0 saturated carbocycles. The van der Waals surface area contributed by atoms with E-state index < -0.39 is 0 Å². The SMILES string of the molecule is CCCCCCCCCCCCCCCCCC(=O)Oc1ccccc1.[MgH2]. The molecule has 0 radical (unpaired) electrons. The molecule has 2 nitrogen and oxygen atoms in total. The van der Waals surface area contributed by atoms with Crippen LogP contribution in [0.2, 0.25) is 0 Å². The summed E-state index contributed by atoms with van der Waals surface area (Å²) >= 11 is 0. The molecule has 0 aliphatic heterocycles. The van der Waals surface area contributed by atoms with Crippen molar-refractivity contribution in [2.24, 2.45) is 0 Å². The molecule has 0 bridgehead atoms. The Morgan fingerprint density at radius 1 is 0.667 bits per heavy atom. The fourth-order valence-electron chi connectivity index (χ4n) is 3.31. The van der Waals surface area contributed by atoms with Crippen LogP contribution in [0, 0.1) is 0 Å². The summed E-state index contributed by atoms with van der Waals surface area (Å²) in [7, 11) is 0. The van der Waals surface area contributed by atoms with Crippen molar-refractivity contribution in [3.63, 3.8) is 0 Å². The molecule has 27 heavy (non-hydrogen) atoms. The van der Waals surface area contributed by atoms with Gasteiger partial charge < -0.3 is 4.74 Å². The largest absolute Gasteiger partial charge is 0.427 e. The van der Waals surface area contributed by atoms with Gasteiger partial charge in [0.1, 0.15) is 5.75 Å². The first-order chi connectivity index (χ1) is 12.8. The van der Waals surface area contributed by atoms with E-state index in [0.29, 0.717) is 12.2 Å².